The van der Waals surface area contributed by atoms with Crippen molar-refractivity contribution in [1.82, 2.24) is 9.80 Å². The van der Waals surface area contributed by atoms with E-state index in [9.17, 15) is 23.2 Å². The number of imide groups is 1. The van der Waals surface area contributed by atoms with E-state index in [2.05, 4.69) is 14.9 Å². The van der Waals surface area contributed by atoms with Crippen LogP contribution >= 0.6 is 11.8 Å². The number of fused-ring (bicyclic) bond motifs is 1. The van der Waals surface area contributed by atoms with Gasteiger partial charge < -0.3 is 5.32 Å². The summed E-state index contributed by atoms with van der Waals surface area (Å²) in [5.41, 5.74) is -0.192. The van der Waals surface area contributed by atoms with Crippen molar-refractivity contribution in [3.05, 3.63) is 29.8 Å². The van der Waals surface area contributed by atoms with Crippen LogP contribution in [0.3, 0.4) is 0 Å². The van der Waals surface area contributed by atoms with E-state index in [1.54, 1.807) is 0 Å². The normalized spacial score (nSPS) is 21.1. The first kappa shape index (κ1) is 22.4. The summed E-state index contributed by atoms with van der Waals surface area (Å²) in [4.78, 5) is 45.6. The number of amidine groups is 2. The molecule has 4 amide bonds. The predicted octanol–water partition coefficient (Wildman–Crippen LogP) is 2.64. The molecule has 1 unspecified atom stereocenters. The Morgan fingerprint density at radius 2 is 1.97 bits per heavy atom. The molecule has 0 aromatic heterocycles. The van der Waals surface area contributed by atoms with Gasteiger partial charge in [0.1, 0.15) is 18.2 Å². The van der Waals surface area contributed by atoms with Crippen LogP contribution in [0.2, 0.25) is 0 Å². The average molecular weight is 465 g/mol. The summed E-state index contributed by atoms with van der Waals surface area (Å²) in [7, 11) is 0. The van der Waals surface area contributed by atoms with Gasteiger partial charge in [-0.2, -0.15) is 0 Å². The maximum atomic E-state index is 13.9. The van der Waals surface area contributed by atoms with E-state index >= 15 is 0 Å². The number of benzene rings is 1. The van der Waals surface area contributed by atoms with Crippen molar-refractivity contribution in [3.63, 3.8) is 0 Å². The maximum Gasteiger partial charge on any atom is 0.357 e. The first-order valence-electron chi connectivity index (χ1n) is 10.6. The van der Waals surface area contributed by atoms with Crippen molar-refractivity contribution in [1.29, 1.82) is 0 Å². The van der Waals surface area contributed by atoms with Crippen LogP contribution in [0.15, 0.2) is 23.2 Å². The number of amides is 4. The lowest BCUT2D eigenvalue weighted by molar-refractivity contribution is -0.535. The number of carbonyl (C=O) groups excluding carboxylic acids is 3. The van der Waals surface area contributed by atoms with E-state index in [0.29, 0.717) is 17.7 Å². The standard InChI is InChI=1S/C21H23F2N5O3S/c1-2-8-27-19(30)17-18(25-20(32-17)26-9-4-3-5-10-26)28(21(27)31)12-16(29)24-15-7-6-13(22)11-14(15)23/h6-7,11,17H,2-5,8-10,12H2,1H3/p+1. The van der Waals surface area contributed by atoms with Gasteiger partial charge in [0.25, 0.3) is 11.7 Å². The molecule has 1 N–H and O–H groups in total. The van der Waals surface area contributed by atoms with Crippen LogP contribution in [-0.2, 0) is 9.59 Å². The molecule has 0 spiro atoms. The summed E-state index contributed by atoms with van der Waals surface area (Å²) in [5, 5.41) is 2.34. The summed E-state index contributed by atoms with van der Waals surface area (Å²) in [5.74, 6) is -2.46. The Morgan fingerprint density at radius 3 is 2.66 bits per heavy atom. The zero-order valence-electron chi connectivity index (χ0n) is 17.6. The molecule has 8 nitrogen and oxygen atoms in total. The second-order valence-electron chi connectivity index (χ2n) is 7.83. The van der Waals surface area contributed by atoms with Crippen LogP contribution in [0.1, 0.15) is 32.6 Å². The summed E-state index contributed by atoms with van der Waals surface area (Å²) >= 11 is 1.30. The van der Waals surface area contributed by atoms with Crippen molar-refractivity contribution in [2.75, 3.05) is 31.5 Å². The molecule has 0 bridgehead atoms. The summed E-state index contributed by atoms with van der Waals surface area (Å²) in [6.07, 6.45) is 3.78. The number of piperidine rings is 1. The second-order valence-corrected chi connectivity index (χ2v) is 8.90. The SMILES string of the molecule is CCCN1C(=O)C2SC(=[N+]3CCCCC3)N=C2N(CC(=O)Nc2ccc(F)cc2F)C1=O. The molecule has 3 heterocycles. The molecule has 1 aromatic carbocycles. The average Bonchev–Trinajstić information content (AvgIpc) is 3.22. The van der Waals surface area contributed by atoms with Gasteiger partial charge in [0.15, 0.2) is 5.25 Å². The van der Waals surface area contributed by atoms with E-state index in [4.69, 9.17) is 0 Å². The lowest BCUT2D eigenvalue weighted by atomic mass is 10.2. The summed E-state index contributed by atoms with van der Waals surface area (Å²) in [6, 6.07) is 2.18. The number of hydrogen-bond acceptors (Lipinski definition) is 4. The lowest BCUT2D eigenvalue weighted by Crippen LogP contribution is -2.61. The minimum absolute atomic E-state index is 0.192. The minimum atomic E-state index is -0.918. The third-order valence-corrected chi connectivity index (χ3v) is 6.69. The maximum absolute atomic E-state index is 13.9. The fourth-order valence-electron chi connectivity index (χ4n) is 3.92. The van der Waals surface area contributed by atoms with Gasteiger partial charge >= 0.3 is 11.2 Å². The van der Waals surface area contributed by atoms with Crippen LogP contribution in [0.25, 0.3) is 0 Å². The smallest absolute Gasteiger partial charge is 0.322 e. The molecule has 0 aliphatic carbocycles. The van der Waals surface area contributed by atoms with Gasteiger partial charge in [0.2, 0.25) is 5.91 Å². The number of thioether (sulfide) groups is 1. The molecule has 32 heavy (non-hydrogen) atoms. The molecular formula is C21H24F2N5O3S+. The van der Waals surface area contributed by atoms with Gasteiger partial charge in [0, 0.05) is 12.6 Å². The molecule has 1 atom stereocenters. The Balaban J connectivity index is 1.60. The summed E-state index contributed by atoms with van der Waals surface area (Å²) in [6.45, 7) is 3.30. The monoisotopic (exact) mass is 464 g/mol. The Morgan fingerprint density at radius 1 is 1.22 bits per heavy atom. The Hall–Kier alpha value is -2.82. The number of urea groups is 1. The number of nitrogens with zero attached hydrogens (tertiary/aromatic N) is 4. The fraction of sp³-hybridized carbons (Fsp3) is 0.476. The van der Waals surface area contributed by atoms with Crippen molar-refractivity contribution < 1.29 is 27.7 Å². The van der Waals surface area contributed by atoms with Crippen LogP contribution in [-0.4, -0.2) is 74.7 Å². The minimum Gasteiger partial charge on any atom is -0.322 e. The highest BCUT2D eigenvalue weighted by atomic mass is 32.2. The number of carbonyl (C=O) groups is 3. The zero-order valence-corrected chi connectivity index (χ0v) is 18.5. The Labute approximate surface area is 188 Å². The van der Waals surface area contributed by atoms with Crippen LogP contribution in [0.4, 0.5) is 19.3 Å². The molecule has 0 radical (unpaired) electrons. The molecular weight excluding hydrogens is 440 g/mol. The third-order valence-electron chi connectivity index (χ3n) is 5.48. The molecule has 2 fully saturated rings. The van der Waals surface area contributed by atoms with Crippen molar-refractivity contribution in [2.45, 2.75) is 37.9 Å². The number of hydrogen-bond donors (Lipinski definition) is 1. The molecule has 0 saturated carbocycles. The van der Waals surface area contributed by atoms with Crippen molar-refractivity contribution in [2.24, 2.45) is 4.99 Å². The fourth-order valence-corrected chi connectivity index (χ4v) is 5.12. The topological polar surface area (TPSA) is 85.1 Å². The summed E-state index contributed by atoms with van der Waals surface area (Å²) < 4.78 is 29.2. The second kappa shape index (κ2) is 9.35. The Kier molecular flexibility index (Phi) is 6.54. The molecule has 11 heteroatoms. The van der Waals surface area contributed by atoms with E-state index in [1.165, 1.54) is 16.7 Å². The highest BCUT2D eigenvalue weighted by Crippen LogP contribution is 2.32. The third kappa shape index (κ3) is 4.38. The lowest BCUT2D eigenvalue weighted by Gasteiger charge is -2.34. The molecule has 1 aromatic rings. The van der Waals surface area contributed by atoms with Gasteiger partial charge in [0.05, 0.1) is 18.8 Å². The van der Waals surface area contributed by atoms with Gasteiger partial charge in [-0.1, -0.05) is 6.92 Å². The highest BCUT2D eigenvalue weighted by molar-refractivity contribution is 8.15. The molecule has 170 valence electrons. The first-order valence-corrected chi connectivity index (χ1v) is 11.5. The number of halogens is 2. The van der Waals surface area contributed by atoms with Crippen LogP contribution in [0.5, 0.6) is 0 Å². The van der Waals surface area contributed by atoms with Gasteiger partial charge in [-0.05, 0) is 54.6 Å². The van der Waals surface area contributed by atoms with E-state index < -0.39 is 35.4 Å². The van der Waals surface area contributed by atoms with E-state index in [-0.39, 0.29) is 24.0 Å². The quantitative estimate of drug-likeness (QED) is 0.679. The molecule has 2 saturated heterocycles. The first-order chi connectivity index (χ1) is 15.4. The van der Waals surface area contributed by atoms with Crippen molar-refractivity contribution in [3.8, 4) is 0 Å². The largest absolute Gasteiger partial charge is 0.357 e. The highest BCUT2D eigenvalue weighted by Gasteiger charge is 2.53. The Bertz CT molecular complexity index is 1020. The number of anilines is 1. The number of aliphatic imine (C=N–C) groups is 1. The number of nitrogens with one attached hydrogen (secondary N) is 1. The van der Waals surface area contributed by atoms with Gasteiger partial charge in [-0.3, -0.25) is 19.1 Å². The van der Waals surface area contributed by atoms with E-state index in [1.807, 2.05) is 6.92 Å². The number of rotatable bonds is 5. The van der Waals surface area contributed by atoms with Crippen LogP contribution in [0, 0.1) is 11.6 Å². The molecule has 4 rings (SSSR count). The van der Waals surface area contributed by atoms with E-state index in [0.717, 1.165) is 49.4 Å². The van der Waals surface area contributed by atoms with Crippen LogP contribution < -0.4 is 5.32 Å². The van der Waals surface area contributed by atoms with Gasteiger partial charge in [-0.15, -0.1) is 0 Å². The zero-order chi connectivity index (χ0) is 22.8. The van der Waals surface area contributed by atoms with Gasteiger partial charge in [-0.25, -0.2) is 18.5 Å². The molecule has 3 aliphatic rings. The predicted molar refractivity (Wildman–Crippen MR) is 117 cm³/mol. The van der Waals surface area contributed by atoms with Crippen molar-refractivity contribution >= 4 is 46.3 Å². The molecule has 3 aliphatic heterocycles.